The van der Waals surface area contributed by atoms with Crippen molar-refractivity contribution in [3.05, 3.63) is 125 Å². The van der Waals surface area contributed by atoms with Crippen molar-refractivity contribution in [2.75, 3.05) is 33.1 Å². The van der Waals surface area contributed by atoms with E-state index in [4.69, 9.17) is 0 Å². The van der Waals surface area contributed by atoms with Crippen LogP contribution < -0.4 is 4.90 Å². The van der Waals surface area contributed by atoms with Crippen molar-refractivity contribution in [2.24, 2.45) is 0 Å². The van der Waals surface area contributed by atoms with Crippen molar-refractivity contribution >= 4 is 22.8 Å². The van der Waals surface area contributed by atoms with E-state index >= 15 is 0 Å². The molecule has 0 saturated heterocycles. The first kappa shape index (κ1) is 25.9. The molecule has 3 aromatic rings. The van der Waals surface area contributed by atoms with Gasteiger partial charge in [-0.3, -0.25) is 4.79 Å². The number of aryl methyl sites for hydroxylation is 1. The number of carbonyl (C=O) groups excluding carboxylic acids is 1. The first-order chi connectivity index (χ1) is 17.8. The minimum Gasteiger partial charge on any atom is -0.508 e. The number of hydrogen-bond acceptors (Lipinski definition) is 3. The molecule has 0 saturated carbocycles. The van der Waals surface area contributed by atoms with E-state index in [-0.39, 0.29) is 11.5 Å². The highest BCUT2D eigenvalue weighted by Crippen LogP contribution is 2.31. The van der Waals surface area contributed by atoms with Crippen LogP contribution in [0, 0.1) is 0 Å². The zero-order chi connectivity index (χ0) is 26.4. The van der Waals surface area contributed by atoms with Crippen LogP contribution in [0.5, 0.6) is 5.75 Å². The van der Waals surface area contributed by atoms with Crippen LogP contribution in [0.2, 0.25) is 0 Å². The fraction of sp³-hybridized carbons (Fsp3) is 0.212. The Bertz CT molecular complexity index is 1350. The molecule has 0 radical (unpaired) electrons. The molecule has 0 heterocycles. The summed E-state index contributed by atoms with van der Waals surface area (Å²) < 4.78 is 2.09. The lowest BCUT2D eigenvalue weighted by molar-refractivity contribution is -0.462. The number of rotatable bonds is 8. The average molecular weight is 492 g/mol. The van der Waals surface area contributed by atoms with Crippen LogP contribution in [0.3, 0.4) is 0 Å². The van der Waals surface area contributed by atoms with Gasteiger partial charge >= 0.3 is 0 Å². The summed E-state index contributed by atoms with van der Waals surface area (Å²) in [5.74, 6) is 0.413. The monoisotopic (exact) mass is 491 g/mol. The Labute approximate surface area is 220 Å². The summed E-state index contributed by atoms with van der Waals surface area (Å²) in [7, 11) is 8.17. The lowest BCUT2D eigenvalue weighted by Crippen LogP contribution is -2.10. The van der Waals surface area contributed by atoms with Crippen molar-refractivity contribution in [3.8, 4) is 5.75 Å². The number of allylic oxidation sites excluding steroid dienone is 5. The Kier molecular flexibility index (Phi) is 8.19. The lowest BCUT2D eigenvalue weighted by atomic mass is 9.89. The second kappa shape index (κ2) is 11.7. The number of aromatic hydroxyl groups is 1. The molecule has 37 heavy (non-hydrogen) atoms. The largest absolute Gasteiger partial charge is 0.508 e. The highest BCUT2D eigenvalue weighted by Gasteiger charge is 2.14. The number of nitrogens with zero attached hydrogens (tertiary/aromatic N) is 2. The Morgan fingerprint density at radius 2 is 1.30 bits per heavy atom. The van der Waals surface area contributed by atoms with Gasteiger partial charge in [0.2, 0.25) is 0 Å². The topological polar surface area (TPSA) is 43.5 Å². The summed E-state index contributed by atoms with van der Waals surface area (Å²) in [5, 5.41) is 9.43. The molecule has 1 aliphatic rings. The molecule has 3 aromatic carbocycles. The molecular formula is C33H35N2O2+. The summed E-state index contributed by atoms with van der Waals surface area (Å²) in [4.78, 5) is 15.0. The average Bonchev–Trinajstić information content (AvgIpc) is 2.91. The first-order valence-corrected chi connectivity index (χ1v) is 12.7. The molecule has 1 N–H and O–H groups in total. The Morgan fingerprint density at radius 1 is 0.757 bits per heavy atom. The van der Waals surface area contributed by atoms with Crippen LogP contribution in [-0.4, -0.2) is 49.4 Å². The van der Waals surface area contributed by atoms with Crippen molar-refractivity contribution in [2.45, 2.75) is 19.3 Å². The van der Waals surface area contributed by atoms with Crippen LogP contribution in [0.25, 0.3) is 5.57 Å². The molecule has 0 aliphatic heterocycles. The molecule has 0 atom stereocenters. The number of anilines is 1. The van der Waals surface area contributed by atoms with Crippen LogP contribution in [0.4, 0.5) is 5.69 Å². The van der Waals surface area contributed by atoms with Crippen LogP contribution in [0.1, 0.15) is 39.9 Å². The van der Waals surface area contributed by atoms with Gasteiger partial charge < -0.3 is 10.0 Å². The SMILES string of the molecule is CN(C)c1ccc(C(=C2C=CC(=[N+](C)C)C=C2)c2ccc(C(=O)CCCc3ccc(O)cc3)cc2)cc1. The molecule has 0 amide bonds. The number of phenols is 1. The highest BCUT2D eigenvalue weighted by molar-refractivity contribution is 6.04. The van der Waals surface area contributed by atoms with Crippen molar-refractivity contribution in [1.29, 1.82) is 0 Å². The van der Waals surface area contributed by atoms with Gasteiger partial charge in [-0.1, -0.05) is 48.5 Å². The second-order valence-electron chi connectivity index (χ2n) is 9.78. The van der Waals surface area contributed by atoms with E-state index in [9.17, 15) is 9.90 Å². The molecule has 0 bridgehead atoms. The summed E-state index contributed by atoms with van der Waals surface area (Å²) in [6.07, 6.45) is 10.7. The number of Topliss-reactive ketones (excluding diaryl/α,β-unsaturated/α-hetero) is 1. The summed E-state index contributed by atoms with van der Waals surface area (Å²) >= 11 is 0. The summed E-state index contributed by atoms with van der Waals surface area (Å²) in [5.41, 5.74) is 8.66. The predicted octanol–water partition coefficient (Wildman–Crippen LogP) is 6.30. The molecule has 1 aliphatic carbocycles. The van der Waals surface area contributed by atoms with Gasteiger partial charge in [0.15, 0.2) is 11.5 Å². The molecule has 4 nitrogen and oxygen atoms in total. The third kappa shape index (κ3) is 6.53. The number of ketones is 1. The van der Waals surface area contributed by atoms with E-state index in [2.05, 4.69) is 70.2 Å². The first-order valence-electron chi connectivity index (χ1n) is 12.7. The van der Waals surface area contributed by atoms with E-state index in [1.54, 1.807) is 12.1 Å². The standard InChI is InChI=1S/C33H34N2O2/c1-34(2)29-18-14-27(15-19-29)33(28-16-20-30(21-17-28)35(3)4)26-12-10-25(11-13-26)32(37)7-5-6-24-8-22-31(36)23-9-24/h8-23H,5-7H2,1-4H3/p+1. The van der Waals surface area contributed by atoms with Gasteiger partial charge in [-0.25, -0.2) is 4.58 Å². The van der Waals surface area contributed by atoms with Crippen LogP contribution in [-0.2, 0) is 6.42 Å². The Morgan fingerprint density at radius 3 is 1.84 bits per heavy atom. The van der Waals surface area contributed by atoms with Gasteiger partial charge in [-0.05, 0) is 77.1 Å². The Balaban J connectivity index is 1.56. The van der Waals surface area contributed by atoms with Gasteiger partial charge in [-0.15, -0.1) is 0 Å². The van der Waals surface area contributed by atoms with Crippen LogP contribution >= 0.6 is 0 Å². The minimum atomic E-state index is 0.151. The third-order valence-corrected chi connectivity index (χ3v) is 6.65. The van der Waals surface area contributed by atoms with Gasteiger partial charge in [0.25, 0.3) is 0 Å². The number of carbonyl (C=O) groups is 1. The molecule has 4 heteroatoms. The van der Waals surface area contributed by atoms with Crippen molar-refractivity contribution < 1.29 is 14.5 Å². The van der Waals surface area contributed by atoms with E-state index in [0.717, 1.165) is 57.6 Å². The van der Waals surface area contributed by atoms with Gasteiger partial charge in [0.05, 0.1) is 0 Å². The van der Waals surface area contributed by atoms with Gasteiger partial charge in [0, 0.05) is 43.9 Å². The molecule has 4 rings (SSSR count). The maximum atomic E-state index is 12.9. The number of phenolic OH excluding ortho intramolecular Hbond substituents is 1. The maximum Gasteiger partial charge on any atom is 0.199 e. The van der Waals surface area contributed by atoms with E-state index < -0.39 is 0 Å². The lowest BCUT2D eigenvalue weighted by Gasteiger charge is -2.17. The quantitative estimate of drug-likeness (QED) is 0.297. The van der Waals surface area contributed by atoms with Crippen LogP contribution in [0.15, 0.2) is 103 Å². The van der Waals surface area contributed by atoms with E-state index in [1.807, 2.05) is 52.5 Å². The number of hydrogen-bond donors (Lipinski definition) is 1. The smallest absolute Gasteiger partial charge is 0.199 e. The van der Waals surface area contributed by atoms with Crippen molar-refractivity contribution in [3.63, 3.8) is 0 Å². The fourth-order valence-electron chi connectivity index (χ4n) is 4.44. The van der Waals surface area contributed by atoms with E-state index in [0.29, 0.717) is 6.42 Å². The molecule has 188 valence electrons. The maximum absolute atomic E-state index is 12.9. The zero-order valence-corrected chi connectivity index (χ0v) is 22.1. The fourth-order valence-corrected chi connectivity index (χ4v) is 4.44. The molecule has 0 unspecified atom stereocenters. The molecule has 0 aromatic heterocycles. The molecular weight excluding hydrogens is 456 g/mol. The normalized spacial score (nSPS) is 12.5. The zero-order valence-electron chi connectivity index (χ0n) is 22.1. The summed E-state index contributed by atoms with van der Waals surface area (Å²) in [6, 6.07) is 23.8. The summed E-state index contributed by atoms with van der Waals surface area (Å²) in [6.45, 7) is 0. The highest BCUT2D eigenvalue weighted by atomic mass is 16.3. The van der Waals surface area contributed by atoms with Crippen molar-refractivity contribution in [1.82, 2.24) is 0 Å². The predicted molar refractivity (Wildman–Crippen MR) is 154 cm³/mol. The number of benzene rings is 3. The van der Waals surface area contributed by atoms with Gasteiger partial charge in [0.1, 0.15) is 19.8 Å². The van der Waals surface area contributed by atoms with Gasteiger partial charge in [-0.2, -0.15) is 0 Å². The second-order valence-corrected chi connectivity index (χ2v) is 9.78. The molecule has 0 fully saturated rings. The minimum absolute atomic E-state index is 0.151. The Hall–Kier alpha value is -4.18. The third-order valence-electron chi connectivity index (χ3n) is 6.65. The van der Waals surface area contributed by atoms with E-state index in [1.165, 1.54) is 0 Å². The molecule has 0 spiro atoms.